The SMILES string of the molecule is CCc1ccc(OCC(=O)NC2=NCCS2)cc1. The third kappa shape index (κ3) is 3.77. The van der Waals surface area contributed by atoms with Crippen LogP contribution in [0.2, 0.25) is 0 Å². The topological polar surface area (TPSA) is 50.7 Å². The van der Waals surface area contributed by atoms with Crippen LogP contribution in [0.3, 0.4) is 0 Å². The first-order chi connectivity index (χ1) is 8.78. The molecule has 0 saturated heterocycles. The molecule has 0 aromatic heterocycles. The Morgan fingerprint density at radius 3 is 2.83 bits per heavy atom. The Labute approximate surface area is 111 Å². The number of benzene rings is 1. The largest absolute Gasteiger partial charge is 0.484 e. The van der Waals surface area contributed by atoms with Crippen LogP contribution in [-0.2, 0) is 11.2 Å². The Bertz CT molecular complexity index is 443. The van der Waals surface area contributed by atoms with Gasteiger partial charge in [0.2, 0.25) is 0 Å². The molecule has 96 valence electrons. The average Bonchev–Trinajstić information content (AvgIpc) is 2.90. The predicted octanol–water partition coefficient (Wildman–Crippen LogP) is 1.85. The molecule has 1 aromatic rings. The fourth-order valence-corrected chi connectivity index (χ4v) is 2.28. The molecule has 18 heavy (non-hydrogen) atoms. The molecule has 1 N–H and O–H groups in total. The van der Waals surface area contributed by atoms with E-state index < -0.39 is 0 Å². The number of nitrogens with zero attached hydrogens (tertiary/aromatic N) is 1. The molecule has 0 atom stereocenters. The van der Waals surface area contributed by atoms with E-state index in [0.29, 0.717) is 10.9 Å². The molecule has 1 aromatic carbocycles. The minimum absolute atomic E-state index is 0.0189. The maximum atomic E-state index is 11.6. The second kappa shape index (κ2) is 6.44. The summed E-state index contributed by atoms with van der Waals surface area (Å²) in [4.78, 5) is 15.7. The van der Waals surface area contributed by atoms with Crippen LogP contribution < -0.4 is 10.1 Å². The van der Waals surface area contributed by atoms with E-state index in [1.165, 1.54) is 5.56 Å². The van der Waals surface area contributed by atoms with Crippen LogP contribution in [-0.4, -0.2) is 30.0 Å². The third-order valence-corrected chi connectivity index (χ3v) is 3.42. The minimum Gasteiger partial charge on any atom is -0.484 e. The first-order valence-corrected chi connectivity index (χ1v) is 6.95. The van der Waals surface area contributed by atoms with Gasteiger partial charge in [-0.1, -0.05) is 30.8 Å². The van der Waals surface area contributed by atoms with E-state index in [1.54, 1.807) is 11.8 Å². The summed E-state index contributed by atoms with van der Waals surface area (Å²) in [6.45, 7) is 2.90. The summed E-state index contributed by atoms with van der Waals surface area (Å²) in [5.74, 6) is 1.49. The normalized spacial score (nSPS) is 14.2. The number of aliphatic imine (C=N–C) groups is 1. The van der Waals surface area contributed by atoms with Gasteiger partial charge in [-0.25, -0.2) is 0 Å². The predicted molar refractivity (Wildman–Crippen MR) is 74.2 cm³/mol. The van der Waals surface area contributed by atoms with Gasteiger partial charge in [0.1, 0.15) is 5.75 Å². The van der Waals surface area contributed by atoms with Crippen molar-refractivity contribution in [2.75, 3.05) is 18.9 Å². The Hall–Kier alpha value is -1.49. The lowest BCUT2D eigenvalue weighted by atomic mass is 10.2. The molecule has 1 aliphatic heterocycles. The highest BCUT2D eigenvalue weighted by molar-refractivity contribution is 8.14. The van der Waals surface area contributed by atoms with E-state index >= 15 is 0 Å². The molecular formula is C13H16N2O2S. The maximum absolute atomic E-state index is 11.6. The van der Waals surface area contributed by atoms with Gasteiger partial charge in [-0.15, -0.1) is 0 Å². The fraction of sp³-hybridized carbons (Fsp3) is 0.385. The van der Waals surface area contributed by atoms with Gasteiger partial charge in [-0.05, 0) is 24.1 Å². The van der Waals surface area contributed by atoms with Crippen molar-refractivity contribution >= 4 is 22.8 Å². The van der Waals surface area contributed by atoms with E-state index in [0.717, 1.165) is 18.7 Å². The lowest BCUT2D eigenvalue weighted by molar-refractivity contribution is -0.121. The fourth-order valence-electron chi connectivity index (χ4n) is 1.54. The molecule has 0 bridgehead atoms. The molecule has 0 radical (unpaired) electrons. The Morgan fingerprint density at radius 1 is 1.44 bits per heavy atom. The van der Waals surface area contributed by atoms with Gasteiger partial charge in [0.15, 0.2) is 11.8 Å². The van der Waals surface area contributed by atoms with Crippen LogP contribution in [0.5, 0.6) is 5.75 Å². The van der Waals surface area contributed by atoms with Gasteiger partial charge in [-0.2, -0.15) is 0 Å². The monoisotopic (exact) mass is 264 g/mol. The van der Waals surface area contributed by atoms with Crippen molar-refractivity contribution in [3.8, 4) is 5.75 Å². The molecule has 1 amide bonds. The van der Waals surface area contributed by atoms with E-state index in [1.807, 2.05) is 24.3 Å². The smallest absolute Gasteiger partial charge is 0.263 e. The number of rotatable bonds is 4. The van der Waals surface area contributed by atoms with Crippen LogP contribution >= 0.6 is 11.8 Å². The molecular weight excluding hydrogens is 248 g/mol. The van der Waals surface area contributed by atoms with Gasteiger partial charge in [0.05, 0.1) is 6.54 Å². The second-order valence-corrected chi connectivity index (χ2v) is 4.95. The quantitative estimate of drug-likeness (QED) is 0.903. The Kier molecular flexibility index (Phi) is 4.64. The van der Waals surface area contributed by atoms with Gasteiger partial charge < -0.3 is 10.1 Å². The number of carbonyl (C=O) groups is 1. The van der Waals surface area contributed by atoms with Crippen molar-refractivity contribution in [3.63, 3.8) is 0 Å². The minimum atomic E-state index is -0.164. The number of ether oxygens (including phenoxy) is 1. The third-order valence-electron chi connectivity index (χ3n) is 2.53. The zero-order valence-corrected chi connectivity index (χ0v) is 11.1. The summed E-state index contributed by atoms with van der Waals surface area (Å²) < 4.78 is 5.40. The Balaban J connectivity index is 1.77. The summed E-state index contributed by atoms with van der Waals surface area (Å²) in [6.07, 6.45) is 0.998. The molecule has 0 unspecified atom stereocenters. The summed E-state index contributed by atoms with van der Waals surface area (Å²) in [5.41, 5.74) is 1.25. The highest BCUT2D eigenvalue weighted by Crippen LogP contribution is 2.12. The van der Waals surface area contributed by atoms with Crippen LogP contribution in [0.4, 0.5) is 0 Å². The molecule has 0 aliphatic carbocycles. The number of aryl methyl sites for hydroxylation is 1. The molecule has 0 spiro atoms. The number of hydrogen-bond acceptors (Lipinski definition) is 4. The number of amides is 1. The number of carbonyl (C=O) groups excluding carboxylic acids is 1. The number of hydrogen-bond donors (Lipinski definition) is 1. The van der Waals surface area contributed by atoms with Crippen LogP contribution in [0.25, 0.3) is 0 Å². The summed E-state index contributed by atoms with van der Waals surface area (Å²) >= 11 is 1.56. The average molecular weight is 264 g/mol. The zero-order valence-electron chi connectivity index (χ0n) is 10.3. The highest BCUT2D eigenvalue weighted by atomic mass is 32.2. The van der Waals surface area contributed by atoms with E-state index in [9.17, 15) is 4.79 Å². The number of nitrogens with one attached hydrogen (secondary N) is 1. The van der Waals surface area contributed by atoms with E-state index in [2.05, 4.69) is 17.2 Å². The van der Waals surface area contributed by atoms with Crippen molar-refractivity contribution in [2.24, 2.45) is 4.99 Å². The highest BCUT2D eigenvalue weighted by Gasteiger charge is 2.11. The summed E-state index contributed by atoms with van der Waals surface area (Å²) in [6, 6.07) is 7.77. The van der Waals surface area contributed by atoms with Gasteiger partial charge in [0.25, 0.3) is 5.91 Å². The van der Waals surface area contributed by atoms with Gasteiger partial charge >= 0.3 is 0 Å². The summed E-state index contributed by atoms with van der Waals surface area (Å²) in [7, 11) is 0. The van der Waals surface area contributed by atoms with Crippen molar-refractivity contribution in [1.82, 2.24) is 5.32 Å². The van der Waals surface area contributed by atoms with Gasteiger partial charge in [0, 0.05) is 5.75 Å². The lowest BCUT2D eigenvalue weighted by Gasteiger charge is -2.07. The van der Waals surface area contributed by atoms with Crippen molar-refractivity contribution in [1.29, 1.82) is 0 Å². The number of thioether (sulfide) groups is 1. The van der Waals surface area contributed by atoms with E-state index in [4.69, 9.17) is 4.74 Å². The van der Waals surface area contributed by atoms with Crippen molar-refractivity contribution < 1.29 is 9.53 Å². The van der Waals surface area contributed by atoms with Crippen LogP contribution in [0.1, 0.15) is 12.5 Å². The molecule has 5 heteroatoms. The number of amidine groups is 1. The van der Waals surface area contributed by atoms with Crippen LogP contribution in [0.15, 0.2) is 29.3 Å². The summed E-state index contributed by atoms with van der Waals surface area (Å²) in [5, 5.41) is 3.42. The molecule has 1 heterocycles. The Morgan fingerprint density at radius 2 is 2.22 bits per heavy atom. The molecule has 4 nitrogen and oxygen atoms in total. The van der Waals surface area contributed by atoms with Crippen LogP contribution in [0, 0.1) is 0 Å². The molecule has 0 saturated carbocycles. The van der Waals surface area contributed by atoms with Gasteiger partial charge in [-0.3, -0.25) is 9.79 Å². The first kappa shape index (κ1) is 13.0. The second-order valence-electron chi connectivity index (χ2n) is 3.87. The van der Waals surface area contributed by atoms with E-state index in [-0.39, 0.29) is 12.5 Å². The molecule has 1 aliphatic rings. The zero-order chi connectivity index (χ0) is 12.8. The molecule has 2 rings (SSSR count). The standard InChI is InChI=1S/C13H16N2O2S/c1-2-10-3-5-11(6-4-10)17-9-12(16)15-13-14-7-8-18-13/h3-6H,2,7-9H2,1H3,(H,14,15,16). The first-order valence-electron chi connectivity index (χ1n) is 5.97. The van der Waals surface area contributed by atoms with Crippen molar-refractivity contribution in [2.45, 2.75) is 13.3 Å². The maximum Gasteiger partial charge on any atom is 0.263 e. The van der Waals surface area contributed by atoms with Crippen molar-refractivity contribution in [3.05, 3.63) is 29.8 Å². The molecule has 0 fully saturated rings. The lowest BCUT2D eigenvalue weighted by Crippen LogP contribution is -2.31.